The normalized spacial score (nSPS) is 28.5. The summed E-state index contributed by atoms with van der Waals surface area (Å²) in [6.07, 6.45) is 2.39. The molecule has 2 fully saturated rings. The minimum atomic E-state index is -1.05. The van der Waals surface area contributed by atoms with Gasteiger partial charge in [-0.3, -0.25) is 9.69 Å². The first-order chi connectivity index (χ1) is 9.06. The molecule has 108 valence electrons. The quantitative estimate of drug-likeness (QED) is 0.648. The fourth-order valence-corrected chi connectivity index (χ4v) is 2.53. The zero-order chi connectivity index (χ0) is 13.8. The van der Waals surface area contributed by atoms with Gasteiger partial charge in [0.15, 0.2) is 0 Å². The van der Waals surface area contributed by atoms with Gasteiger partial charge in [0, 0.05) is 19.1 Å². The van der Waals surface area contributed by atoms with Gasteiger partial charge in [-0.1, -0.05) is 0 Å². The number of aliphatic carboxylic acids is 1. The Morgan fingerprint density at radius 2 is 2.32 bits per heavy atom. The van der Waals surface area contributed by atoms with Crippen molar-refractivity contribution < 1.29 is 19.4 Å². The number of carboxylic acids is 1. The number of urea groups is 1. The summed E-state index contributed by atoms with van der Waals surface area (Å²) in [5.74, 6) is -1.05. The number of fused-ring (bicyclic) bond motifs is 1. The molecule has 0 aromatic heterocycles. The maximum atomic E-state index is 11.5. The van der Waals surface area contributed by atoms with E-state index in [-0.39, 0.29) is 6.10 Å². The van der Waals surface area contributed by atoms with Crippen molar-refractivity contribution in [2.45, 2.75) is 38.0 Å². The van der Waals surface area contributed by atoms with E-state index in [1.165, 1.54) is 19.8 Å². The first-order valence-corrected chi connectivity index (χ1v) is 6.69. The number of carboxylic acid groups (broad SMARTS) is 1. The zero-order valence-corrected chi connectivity index (χ0v) is 11.1. The summed E-state index contributed by atoms with van der Waals surface area (Å²) in [5.41, 5.74) is 0. The number of nitrogens with one attached hydrogen (secondary N) is 2. The van der Waals surface area contributed by atoms with Gasteiger partial charge in [0.1, 0.15) is 6.04 Å². The van der Waals surface area contributed by atoms with Crippen LogP contribution in [0.4, 0.5) is 4.79 Å². The molecule has 2 aliphatic heterocycles. The van der Waals surface area contributed by atoms with E-state index in [9.17, 15) is 9.59 Å². The van der Waals surface area contributed by atoms with Crippen molar-refractivity contribution in [3.05, 3.63) is 0 Å². The summed E-state index contributed by atoms with van der Waals surface area (Å²) >= 11 is 0. The van der Waals surface area contributed by atoms with Crippen molar-refractivity contribution in [1.29, 1.82) is 0 Å². The summed E-state index contributed by atoms with van der Waals surface area (Å²) < 4.78 is 5.69. The number of amides is 2. The average molecular weight is 271 g/mol. The maximum absolute atomic E-state index is 11.5. The van der Waals surface area contributed by atoms with Crippen LogP contribution in [0.3, 0.4) is 0 Å². The van der Waals surface area contributed by atoms with Crippen LogP contribution in [0.5, 0.6) is 0 Å². The number of carbonyl (C=O) groups is 2. The third-order valence-corrected chi connectivity index (χ3v) is 3.67. The third kappa shape index (κ3) is 3.81. The Kier molecular flexibility index (Phi) is 4.60. The van der Waals surface area contributed by atoms with Gasteiger partial charge in [-0.05, 0) is 26.3 Å². The van der Waals surface area contributed by atoms with E-state index in [0.29, 0.717) is 12.6 Å². The molecule has 7 nitrogen and oxygen atoms in total. The molecule has 0 radical (unpaired) electrons. The van der Waals surface area contributed by atoms with Crippen molar-refractivity contribution in [3.8, 4) is 0 Å². The Labute approximate surface area is 112 Å². The van der Waals surface area contributed by atoms with Gasteiger partial charge in [-0.2, -0.15) is 0 Å². The second kappa shape index (κ2) is 6.21. The van der Waals surface area contributed by atoms with Crippen LogP contribution in [0, 0.1) is 0 Å². The first kappa shape index (κ1) is 14.1. The number of morpholine rings is 1. The average Bonchev–Trinajstić information content (AvgIpc) is 2.83. The van der Waals surface area contributed by atoms with E-state index in [1.807, 2.05) is 0 Å². The molecule has 0 bridgehead atoms. The maximum Gasteiger partial charge on any atom is 0.325 e. The summed E-state index contributed by atoms with van der Waals surface area (Å²) in [6.45, 7) is 4.49. The fourth-order valence-electron chi connectivity index (χ4n) is 2.53. The van der Waals surface area contributed by atoms with Gasteiger partial charge in [-0.15, -0.1) is 0 Å². The molecule has 2 aliphatic rings. The molecular formula is C12H21N3O4. The molecule has 19 heavy (non-hydrogen) atoms. The molecule has 3 atom stereocenters. The first-order valence-electron chi connectivity index (χ1n) is 6.69. The number of hydrogen-bond acceptors (Lipinski definition) is 4. The SMILES string of the molecule is CC(NC(=O)NCC1CN2CCCC2CO1)C(=O)O. The molecule has 0 aliphatic carbocycles. The number of hydrogen-bond donors (Lipinski definition) is 3. The van der Waals surface area contributed by atoms with Crippen molar-refractivity contribution in [1.82, 2.24) is 15.5 Å². The van der Waals surface area contributed by atoms with E-state index in [0.717, 1.165) is 19.7 Å². The minimum Gasteiger partial charge on any atom is -0.480 e. The van der Waals surface area contributed by atoms with E-state index in [4.69, 9.17) is 9.84 Å². The molecule has 0 saturated carbocycles. The second-order valence-electron chi connectivity index (χ2n) is 5.16. The van der Waals surface area contributed by atoms with Crippen molar-refractivity contribution in [2.24, 2.45) is 0 Å². The highest BCUT2D eigenvalue weighted by molar-refractivity contribution is 5.82. The fraction of sp³-hybridized carbons (Fsp3) is 0.833. The van der Waals surface area contributed by atoms with Crippen LogP contribution in [0.25, 0.3) is 0 Å². The van der Waals surface area contributed by atoms with E-state index in [1.54, 1.807) is 0 Å². The highest BCUT2D eigenvalue weighted by atomic mass is 16.5. The largest absolute Gasteiger partial charge is 0.480 e. The van der Waals surface area contributed by atoms with Gasteiger partial charge >= 0.3 is 12.0 Å². The zero-order valence-electron chi connectivity index (χ0n) is 11.1. The number of rotatable bonds is 4. The van der Waals surface area contributed by atoms with Crippen molar-refractivity contribution in [3.63, 3.8) is 0 Å². The molecule has 2 amide bonds. The molecule has 0 spiro atoms. The number of ether oxygens (including phenoxy) is 1. The lowest BCUT2D eigenvalue weighted by Gasteiger charge is -2.35. The van der Waals surface area contributed by atoms with Crippen LogP contribution in [0.2, 0.25) is 0 Å². The smallest absolute Gasteiger partial charge is 0.325 e. The van der Waals surface area contributed by atoms with Crippen LogP contribution >= 0.6 is 0 Å². The topological polar surface area (TPSA) is 90.9 Å². The van der Waals surface area contributed by atoms with Gasteiger partial charge < -0.3 is 20.5 Å². The van der Waals surface area contributed by atoms with Gasteiger partial charge in [0.05, 0.1) is 12.7 Å². The number of carbonyl (C=O) groups excluding carboxylic acids is 1. The second-order valence-corrected chi connectivity index (χ2v) is 5.16. The molecule has 3 unspecified atom stereocenters. The predicted molar refractivity (Wildman–Crippen MR) is 68.0 cm³/mol. The Hall–Kier alpha value is -1.34. The lowest BCUT2D eigenvalue weighted by Crippen LogP contribution is -2.52. The molecule has 2 heterocycles. The van der Waals surface area contributed by atoms with E-state index in [2.05, 4.69) is 15.5 Å². The molecule has 0 aromatic rings. The Morgan fingerprint density at radius 3 is 3.05 bits per heavy atom. The molecule has 2 saturated heterocycles. The number of nitrogens with zero attached hydrogens (tertiary/aromatic N) is 1. The van der Waals surface area contributed by atoms with Gasteiger partial charge in [0.2, 0.25) is 0 Å². The summed E-state index contributed by atoms with van der Waals surface area (Å²) in [7, 11) is 0. The standard InChI is InChI=1S/C12H21N3O4/c1-8(11(16)17)14-12(18)13-5-10-6-15-4-2-3-9(15)7-19-10/h8-10H,2-7H2,1H3,(H,16,17)(H2,13,14,18). The molecule has 2 rings (SSSR count). The molecule has 7 heteroatoms. The van der Waals surface area contributed by atoms with Crippen LogP contribution in [0.15, 0.2) is 0 Å². The van der Waals surface area contributed by atoms with Crippen LogP contribution < -0.4 is 10.6 Å². The summed E-state index contributed by atoms with van der Waals surface area (Å²) in [4.78, 5) is 24.5. The predicted octanol–water partition coefficient (Wildman–Crippen LogP) is -0.378. The lowest BCUT2D eigenvalue weighted by molar-refractivity contribution is -0.138. The minimum absolute atomic E-state index is 0.0137. The Morgan fingerprint density at radius 1 is 1.53 bits per heavy atom. The molecule has 3 N–H and O–H groups in total. The monoisotopic (exact) mass is 271 g/mol. The Balaban J connectivity index is 1.68. The van der Waals surface area contributed by atoms with Crippen molar-refractivity contribution in [2.75, 3.05) is 26.2 Å². The van der Waals surface area contributed by atoms with Gasteiger partial charge in [0.25, 0.3) is 0 Å². The lowest BCUT2D eigenvalue weighted by atomic mass is 10.2. The van der Waals surface area contributed by atoms with Crippen LogP contribution in [-0.2, 0) is 9.53 Å². The summed E-state index contributed by atoms with van der Waals surface area (Å²) in [6, 6.07) is -0.825. The highest BCUT2D eigenvalue weighted by Gasteiger charge is 2.32. The third-order valence-electron chi connectivity index (χ3n) is 3.67. The van der Waals surface area contributed by atoms with Gasteiger partial charge in [-0.25, -0.2) is 4.79 Å². The van der Waals surface area contributed by atoms with Crippen LogP contribution in [-0.4, -0.2) is 66.4 Å². The van der Waals surface area contributed by atoms with E-state index >= 15 is 0 Å². The molecular weight excluding hydrogens is 250 g/mol. The molecule has 0 aromatic carbocycles. The summed E-state index contributed by atoms with van der Waals surface area (Å²) in [5, 5.41) is 13.7. The van der Waals surface area contributed by atoms with E-state index < -0.39 is 18.0 Å². The highest BCUT2D eigenvalue weighted by Crippen LogP contribution is 2.22. The van der Waals surface area contributed by atoms with Crippen molar-refractivity contribution >= 4 is 12.0 Å². The Bertz CT molecular complexity index is 350. The van der Waals surface area contributed by atoms with Crippen LogP contribution in [0.1, 0.15) is 19.8 Å².